The maximum Gasteiger partial charge on any atom is 0.219 e. The van der Waals surface area contributed by atoms with Crippen molar-refractivity contribution in [1.82, 2.24) is 14.9 Å². The second-order valence-electron chi connectivity index (χ2n) is 6.65. The van der Waals surface area contributed by atoms with E-state index < -0.39 is 0 Å². The van der Waals surface area contributed by atoms with Crippen molar-refractivity contribution in [1.29, 1.82) is 0 Å². The summed E-state index contributed by atoms with van der Waals surface area (Å²) < 4.78 is 0. The summed E-state index contributed by atoms with van der Waals surface area (Å²) in [5.74, 6) is 0.988. The number of aromatic nitrogens is 2. The van der Waals surface area contributed by atoms with E-state index in [1.807, 2.05) is 47.5 Å². The van der Waals surface area contributed by atoms with E-state index in [4.69, 9.17) is 9.97 Å². The van der Waals surface area contributed by atoms with Gasteiger partial charge in [0.15, 0.2) is 0 Å². The van der Waals surface area contributed by atoms with Crippen molar-refractivity contribution in [2.45, 2.75) is 6.92 Å². The van der Waals surface area contributed by atoms with Crippen LogP contribution in [0.5, 0.6) is 0 Å². The molecule has 0 radical (unpaired) electrons. The van der Waals surface area contributed by atoms with Gasteiger partial charge in [-0.05, 0) is 0 Å². The largest absolute Gasteiger partial charge is 0.352 e. The maximum absolute atomic E-state index is 11.6. The Bertz CT molecular complexity index is 920. The summed E-state index contributed by atoms with van der Waals surface area (Å²) in [6.45, 7) is 4.61. The summed E-state index contributed by atoms with van der Waals surface area (Å²) in [4.78, 5) is 25.4. The van der Waals surface area contributed by atoms with Gasteiger partial charge in [0.05, 0.1) is 17.6 Å². The Balaban J connectivity index is 1.71. The molecule has 0 bridgehead atoms. The van der Waals surface area contributed by atoms with Crippen LogP contribution in [0.15, 0.2) is 66.9 Å². The lowest BCUT2D eigenvalue weighted by atomic mass is 10.0. The highest BCUT2D eigenvalue weighted by Gasteiger charge is 2.21. The van der Waals surface area contributed by atoms with Crippen LogP contribution in [0.3, 0.4) is 0 Å². The van der Waals surface area contributed by atoms with Gasteiger partial charge < -0.3 is 9.80 Å². The van der Waals surface area contributed by atoms with Gasteiger partial charge in [0.2, 0.25) is 5.91 Å². The van der Waals surface area contributed by atoms with E-state index in [0.717, 1.165) is 54.5 Å². The SMILES string of the molecule is CC(=O)N1CCN(c2cnc(-c3ccccc3)c(-c3ccccc3)n2)CC1. The first-order valence-electron chi connectivity index (χ1n) is 9.21. The number of hydrogen-bond donors (Lipinski definition) is 0. The summed E-state index contributed by atoms with van der Waals surface area (Å²) >= 11 is 0. The first-order chi connectivity index (χ1) is 13.2. The number of piperazine rings is 1. The Labute approximate surface area is 159 Å². The lowest BCUT2D eigenvalue weighted by molar-refractivity contribution is -0.129. The fourth-order valence-corrected chi connectivity index (χ4v) is 3.39. The fourth-order valence-electron chi connectivity index (χ4n) is 3.39. The van der Waals surface area contributed by atoms with Crippen molar-refractivity contribution in [3.8, 4) is 22.5 Å². The Morgan fingerprint density at radius 3 is 1.93 bits per heavy atom. The molecular formula is C22H22N4O. The average molecular weight is 358 g/mol. The van der Waals surface area contributed by atoms with Crippen LogP contribution in [-0.2, 0) is 4.79 Å². The van der Waals surface area contributed by atoms with Crippen molar-refractivity contribution < 1.29 is 4.79 Å². The number of amides is 1. The molecule has 4 rings (SSSR count). The van der Waals surface area contributed by atoms with Crippen molar-refractivity contribution in [2.24, 2.45) is 0 Å². The molecule has 1 aromatic heterocycles. The van der Waals surface area contributed by atoms with Gasteiger partial charge in [0, 0.05) is 44.2 Å². The predicted octanol–water partition coefficient (Wildman–Crippen LogP) is 3.48. The van der Waals surface area contributed by atoms with Crippen LogP contribution in [-0.4, -0.2) is 47.0 Å². The smallest absolute Gasteiger partial charge is 0.219 e. The predicted molar refractivity (Wildman–Crippen MR) is 107 cm³/mol. The first-order valence-corrected chi connectivity index (χ1v) is 9.21. The number of nitrogens with zero attached hydrogens (tertiary/aromatic N) is 4. The molecule has 1 saturated heterocycles. The van der Waals surface area contributed by atoms with Crippen molar-refractivity contribution in [3.63, 3.8) is 0 Å². The third kappa shape index (κ3) is 3.67. The normalized spacial score (nSPS) is 14.3. The Hall–Kier alpha value is -3.21. The average Bonchev–Trinajstić information content (AvgIpc) is 2.74. The van der Waals surface area contributed by atoms with Crippen molar-refractivity contribution in [2.75, 3.05) is 31.1 Å². The minimum Gasteiger partial charge on any atom is -0.352 e. The second kappa shape index (κ2) is 7.58. The summed E-state index contributed by atoms with van der Waals surface area (Å²) in [7, 11) is 0. The molecule has 3 aromatic rings. The molecule has 1 amide bonds. The molecule has 2 aromatic carbocycles. The van der Waals surface area contributed by atoms with Crippen LogP contribution >= 0.6 is 0 Å². The summed E-state index contributed by atoms with van der Waals surface area (Å²) in [5, 5.41) is 0. The quantitative estimate of drug-likeness (QED) is 0.719. The number of carbonyl (C=O) groups is 1. The summed E-state index contributed by atoms with van der Waals surface area (Å²) in [5.41, 5.74) is 3.87. The monoisotopic (exact) mass is 358 g/mol. The van der Waals surface area contributed by atoms with Gasteiger partial charge in [0.1, 0.15) is 5.82 Å². The van der Waals surface area contributed by atoms with Gasteiger partial charge in [-0.25, -0.2) is 4.98 Å². The van der Waals surface area contributed by atoms with E-state index in [1.54, 1.807) is 6.92 Å². The standard InChI is InChI=1S/C22H22N4O/c1-17(27)25-12-14-26(15-13-25)20-16-23-21(18-8-4-2-5-9-18)22(24-20)19-10-6-3-7-11-19/h2-11,16H,12-15H2,1H3. The van der Waals surface area contributed by atoms with Crippen molar-refractivity contribution >= 4 is 11.7 Å². The molecule has 0 N–H and O–H groups in total. The van der Waals surface area contributed by atoms with Gasteiger partial charge in [-0.15, -0.1) is 0 Å². The number of anilines is 1. The lowest BCUT2D eigenvalue weighted by Gasteiger charge is -2.35. The molecule has 0 spiro atoms. The molecule has 0 aliphatic carbocycles. The van der Waals surface area contributed by atoms with E-state index in [0.29, 0.717) is 0 Å². The van der Waals surface area contributed by atoms with E-state index in [2.05, 4.69) is 29.2 Å². The molecule has 1 aliphatic rings. The first kappa shape index (κ1) is 17.2. The Kier molecular flexibility index (Phi) is 4.83. The van der Waals surface area contributed by atoms with Gasteiger partial charge in [-0.2, -0.15) is 0 Å². The summed E-state index contributed by atoms with van der Waals surface area (Å²) in [6, 6.07) is 20.3. The van der Waals surface area contributed by atoms with Crippen molar-refractivity contribution in [3.05, 3.63) is 66.9 Å². The molecule has 5 heteroatoms. The van der Waals surface area contributed by atoms with Crippen LogP contribution in [0.1, 0.15) is 6.92 Å². The lowest BCUT2D eigenvalue weighted by Crippen LogP contribution is -2.48. The molecule has 0 unspecified atom stereocenters. The molecule has 2 heterocycles. The third-order valence-corrected chi connectivity index (χ3v) is 4.90. The second-order valence-corrected chi connectivity index (χ2v) is 6.65. The number of hydrogen-bond acceptors (Lipinski definition) is 4. The van der Waals surface area contributed by atoms with Gasteiger partial charge in [0.25, 0.3) is 0 Å². The molecule has 0 saturated carbocycles. The highest BCUT2D eigenvalue weighted by Crippen LogP contribution is 2.30. The molecule has 1 fully saturated rings. The molecule has 1 aliphatic heterocycles. The fraction of sp³-hybridized carbons (Fsp3) is 0.227. The number of rotatable bonds is 3. The zero-order valence-corrected chi connectivity index (χ0v) is 15.4. The number of benzene rings is 2. The van der Waals surface area contributed by atoms with E-state index in [1.165, 1.54) is 0 Å². The Morgan fingerprint density at radius 2 is 1.37 bits per heavy atom. The molecular weight excluding hydrogens is 336 g/mol. The van der Waals surface area contributed by atoms with Crippen LogP contribution in [0.2, 0.25) is 0 Å². The van der Waals surface area contributed by atoms with E-state index in [-0.39, 0.29) is 5.91 Å². The highest BCUT2D eigenvalue weighted by atomic mass is 16.2. The number of carbonyl (C=O) groups excluding carboxylic acids is 1. The molecule has 0 atom stereocenters. The van der Waals surface area contributed by atoms with E-state index in [9.17, 15) is 4.79 Å². The molecule has 136 valence electrons. The van der Waals surface area contributed by atoms with Crippen LogP contribution in [0.25, 0.3) is 22.5 Å². The van der Waals surface area contributed by atoms with Crippen LogP contribution in [0.4, 0.5) is 5.82 Å². The minimum atomic E-state index is 0.130. The molecule has 27 heavy (non-hydrogen) atoms. The molecule has 5 nitrogen and oxygen atoms in total. The zero-order chi connectivity index (χ0) is 18.6. The Morgan fingerprint density at radius 1 is 0.815 bits per heavy atom. The van der Waals surface area contributed by atoms with Crippen LogP contribution in [0, 0.1) is 0 Å². The topological polar surface area (TPSA) is 49.3 Å². The zero-order valence-electron chi connectivity index (χ0n) is 15.4. The minimum absolute atomic E-state index is 0.130. The summed E-state index contributed by atoms with van der Waals surface area (Å²) in [6.07, 6.45) is 1.85. The van der Waals surface area contributed by atoms with Gasteiger partial charge in [-0.3, -0.25) is 9.78 Å². The van der Waals surface area contributed by atoms with Gasteiger partial charge >= 0.3 is 0 Å². The van der Waals surface area contributed by atoms with Gasteiger partial charge in [-0.1, -0.05) is 60.7 Å². The highest BCUT2D eigenvalue weighted by molar-refractivity contribution is 5.79. The van der Waals surface area contributed by atoms with Crippen LogP contribution < -0.4 is 4.90 Å². The van der Waals surface area contributed by atoms with E-state index >= 15 is 0 Å². The third-order valence-electron chi connectivity index (χ3n) is 4.90. The maximum atomic E-state index is 11.6.